The summed E-state index contributed by atoms with van der Waals surface area (Å²) in [6.07, 6.45) is 0. The van der Waals surface area contributed by atoms with E-state index in [-0.39, 0.29) is 11.7 Å². The highest BCUT2D eigenvalue weighted by atomic mass is 32.1. The fourth-order valence-electron chi connectivity index (χ4n) is 2.48. The molecule has 134 valence electrons. The third kappa shape index (κ3) is 3.67. The minimum atomic E-state index is -0.330. The van der Waals surface area contributed by atoms with E-state index in [2.05, 4.69) is 10.3 Å². The van der Waals surface area contributed by atoms with Gasteiger partial charge in [-0.15, -0.1) is 11.3 Å². The molecule has 0 bridgehead atoms. The summed E-state index contributed by atoms with van der Waals surface area (Å²) in [5.74, 6) is 0.377. The molecule has 1 amide bonds. The predicted octanol–water partition coefficient (Wildman–Crippen LogP) is 4.53. The van der Waals surface area contributed by atoms with Crippen LogP contribution in [0.5, 0.6) is 11.5 Å². The molecule has 7 heteroatoms. The normalized spacial score (nSPS) is 10.5. The summed E-state index contributed by atoms with van der Waals surface area (Å²) in [4.78, 5) is 18.0. The summed E-state index contributed by atoms with van der Waals surface area (Å²) in [6, 6.07) is 11.1. The first-order chi connectivity index (χ1) is 12.5. The molecule has 0 fully saturated rings. The largest absolute Gasteiger partial charge is 0.497 e. The molecule has 1 N–H and O–H groups in total. The zero-order chi connectivity index (χ0) is 18.7. The van der Waals surface area contributed by atoms with Crippen molar-refractivity contribution in [1.82, 2.24) is 4.98 Å². The molecule has 0 unspecified atom stereocenters. The number of hydrogen-bond acceptors (Lipinski definition) is 5. The number of aromatic nitrogens is 1. The second-order valence-corrected chi connectivity index (χ2v) is 6.65. The molecule has 3 rings (SSSR count). The molecule has 1 heterocycles. The van der Waals surface area contributed by atoms with Crippen molar-refractivity contribution >= 4 is 22.4 Å². The van der Waals surface area contributed by atoms with E-state index in [0.717, 1.165) is 10.4 Å². The lowest BCUT2D eigenvalue weighted by Crippen LogP contribution is -2.13. The van der Waals surface area contributed by atoms with Crippen molar-refractivity contribution in [3.05, 3.63) is 58.7 Å². The van der Waals surface area contributed by atoms with Crippen LogP contribution in [0.3, 0.4) is 0 Å². The Kier molecular flexibility index (Phi) is 5.18. The summed E-state index contributed by atoms with van der Waals surface area (Å²) >= 11 is 1.36. The van der Waals surface area contributed by atoms with Gasteiger partial charge >= 0.3 is 0 Å². The maximum absolute atomic E-state index is 13.1. The molecule has 0 saturated carbocycles. The lowest BCUT2D eigenvalue weighted by Gasteiger charge is -2.09. The molecular weight excluding hydrogens is 355 g/mol. The number of amides is 1. The number of ether oxygens (including phenoxy) is 2. The second-order valence-electron chi connectivity index (χ2n) is 5.45. The van der Waals surface area contributed by atoms with Crippen LogP contribution in [-0.4, -0.2) is 25.1 Å². The first-order valence-electron chi connectivity index (χ1n) is 7.78. The number of nitrogens with one attached hydrogen (secondary N) is 1. The van der Waals surface area contributed by atoms with Gasteiger partial charge in [-0.3, -0.25) is 10.1 Å². The van der Waals surface area contributed by atoms with Gasteiger partial charge in [0.25, 0.3) is 5.91 Å². The van der Waals surface area contributed by atoms with Gasteiger partial charge < -0.3 is 9.47 Å². The summed E-state index contributed by atoms with van der Waals surface area (Å²) < 4.78 is 23.5. The molecule has 0 aliphatic rings. The average molecular weight is 372 g/mol. The number of anilines is 1. The Labute approximate surface area is 154 Å². The van der Waals surface area contributed by atoms with Gasteiger partial charge in [0.05, 0.1) is 25.5 Å². The van der Waals surface area contributed by atoms with Crippen LogP contribution in [0.4, 0.5) is 9.52 Å². The van der Waals surface area contributed by atoms with Gasteiger partial charge in [-0.1, -0.05) is 0 Å². The van der Waals surface area contributed by atoms with Crippen molar-refractivity contribution in [2.45, 2.75) is 6.92 Å². The van der Waals surface area contributed by atoms with Crippen molar-refractivity contribution in [3.8, 4) is 22.8 Å². The molecule has 0 saturated heterocycles. The molecule has 0 atom stereocenters. The number of aryl methyl sites for hydroxylation is 1. The highest BCUT2D eigenvalue weighted by Gasteiger charge is 2.17. The molecule has 0 radical (unpaired) electrons. The number of thiazole rings is 1. The van der Waals surface area contributed by atoms with Gasteiger partial charge in [0.1, 0.15) is 17.3 Å². The fourth-order valence-corrected chi connectivity index (χ4v) is 3.31. The van der Waals surface area contributed by atoms with Crippen LogP contribution in [0.2, 0.25) is 0 Å². The predicted molar refractivity (Wildman–Crippen MR) is 99.7 cm³/mol. The Hall–Kier alpha value is -2.93. The minimum absolute atomic E-state index is 0.304. The van der Waals surface area contributed by atoms with Crippen LogP contribution in [0, 0.1) is 12.7 Å². The van der Waals surface area contributed by atoms with E-state index in [1.165, 1.54) is 30.6 Å². The standard InChI is InChI=1S/C19H17FN2O3S/c1-11-17(12-4-6-13(20)7-5-12)21-19(26-11)22-18(23)15-9-8-14(24-2)10-16(15)25-3/h4-10H,1-3H3,(H,21,22,23). The third-order valence-electron chi connectivity index (χ3n) is 3.79. The van der Waals surface area contributed by atoms with Crippen molar-refractivity contribution < 1.29 is 18.7 Å². The Balaban J connectivity index is 1.84. The van der Waals surface area contributed by atoms with E-state index >= 15 is 0 Å². The number of methoxy groups -OCH3 is 2. The van der Waals surface area contributed by atoms with E-state index in [1.807, 2.05) is 6.92 Å². The number of halogens is 1. The van der Waals surface area contributed by atoms with Gasteiger partial charge in [-0.25, -0.2) is 9.37 Å². The van der Waals surface area contributed by atoms with E-state index in [1.54, 1.807) is 37.4 Å². The Morgan fingerprint density at radius 2 is 1.85 bits per heavy atom. The molecule has 0 aliphatic carbocycles. The van der Waals surface area contributed by atoms with E-state index in [0.29, 0.717) is 27.9 Å². The number of carbonyl (C=O) groups is 1. The van der Waals surface area contributed by atoms with E-state index in [9.17, 15) is 9.18 Å². The van der Waals surface area contributed by atoms with Gasteiger partial charge in [-0.2, -0.15) is 0 Å². The Morgan fingerprint density at radius 3 is 2.50 bits per heavy atom. The van der Waals surface area contributed by atoms with Crippen LogP contribution in [0.15, 0.2) is 42.5 Å². The lowest BCUT2D eigenvalue weighted by molar-refractivity contribution is 0.102. The molecule has 26 heavy (non-hydrogen) atoms. The van der Waals surface area contributed by atoms with Gasteiger partial charge in [0, 0.05) is 16.5 Å². The highest BCUT2D eigenvalue weighted by molar-refractivity contribution is 7.16. The second kappa shape index (κ2) is 7.53. The van der Waals surface area contributed by atoms with Crippen molar-refractivity contribution in [1.29, 1.82) is 0 Å². The van der Waals surface area contributed by atoms with E-state index < -0.39 is 0 Å². The summed E-state index contributed by atoms with van der Waals surface area (Å²) in [5.41, 5.74) is 1.89. The van der Waals surface area contributed by atoms with Crippen molar-refractivity contribution in [2.75, 3.05) is 19.5 Å². The maximum Gasteiger partial charge on any atom is 0.261 e. The SMILES string of the molecule is COc1ccc(C(=O)Nc2nc(-c3ccc(F)cc3)c(C)s2)c(OC)c1. The van der Waals surface area contributed by atoms with Gasteiger partial charge in [0.15, 0.2) is 5.13 Å². The van der Waals surface area contributed by atoms with Crippen LogP contribution < -0.4 is 14.8 Å². The fraction of sp³-hybridized carbons (Fsp3) is 0.158. The van der Waals surface area contributed by atoms with E-state index in [4.69, 9.17) is 9.47 Å². The average Bonchev–Trinajstić information content (AvgIpc) is 3.01. The monoisotopic (exact) mass is 372 g/mol. The summed E-state index contributed by atoms with van der Waals surface area (Å²) in [6.45, 7) is 1.90. The summed E-state index contributed by atoms with van der Waals surface area (Å²) in [7, 11) is 3.04. The maximum atomic E-state index is 13.1. The Morgan fingerprint density at radius 1 is 1.12 bits per heavy atom. The number of carbonyl (C=O) groups excluding carboxylic acids is 1. The number of benzene rings is 2. The molecular formula is C19H17FN2O3S. The first-order valence-corrected chi connectivity index (χ1v) is 8.60. The smallest absolute Gasteiger partial charge is 0.261 e. The summed E-state index contributed by atoms with van der Waals surface area (Å²) in [5, 5.41) is 3.25. The number of nitrogens with zero attached hydrogens (tertiary/aromatic N) is 1. The van der Waals surface area contributed by atoms with Crippen molar-refractivity contribution in [3.63, 3.8) is 0 Å². The first kappa shape index (κ1) is 17.9. The quantitative estimate of drug-likeness (QED) is 0.715. The van der Waals surface area contributed by atoms with Crippen LogP contribution in [0.1, 0.15) is 15.2 Å². The van der Waals surface area contributed by atoms with Crippen LogP contribution in [-0.2, 0) is 0 Å². The molecule has 1 aromatic heterocycles. The highest BCUT2D eigenvalue weighted by Crippen LogP contribution is 2.31. The number of rotatable bonds is 5. The van der Waals surface area contributed by atoms with Gasteiger partial charge in [-0.05, 0) is 43.3 Å². The molecule has 3 aromatic rings. The zero-order valence-electron chi connectivity index (χ0n) is 14.5. The number of hydrogen-bond donors (Lipinski definition) is 1. The Bertz CT molecular complexity index is 938. The molecule has 0 aliphatic heterocycles. The molecule has 2 aromatic carbocycles. The molecule has 5 nitrogen and oxygen atoms in total. The van der Waals surface area contributed by atoms with Crippen molar-refractivity contribution in [2.24, 2.45) is 0 Å². The van der Waals surface area contributed by atoms with Crippen LogP contribution >= 0.6 is 11.3 Å². The zero-order valence-corrected chi connectivity index (χ0v) is 15.3. The minimum Gasteiger partial charge on any atom is -0.497 e. The van der Waals surface area contributed by atoms with Gasteiger partial charge in [0.2, 0.25) is 0 Å². The van der Waals surface area contributed by atoms with Crippen LogP contribution in [0.25, 0.3) is 11.3 Å². The topological polar surface area (TPSA) is 60.5 Å². The third-order valence-corrected chi connectivity index (χ3v) is 4.67. The molecule has 0 spiro atoms. The lowest BCUT2D eigenvalue weighted by atomic mass is 10.1.